The summed E-state index contributed by atoms with van der Waals surface area (Å²) < 4.78 is 5.17. The standard InChI is InChI=1S/C22H25N3O3/c1-16-4-3-5-17(14-16)12-13-23-21(26)15-25-22(27)11-10-20(24-25)18-6-8-19(28-2)9-7-18/h3-10,14,24H,11-13,15H2,1-2H3,(H,23,26). The molecule has 0 spiro atoms. The molecular weight excluding hydrogens is 354 g/mol. The molecule has 1 aliphatic rings. The van der Waals surface area contributed by atoms with Crippen LogP contribution in [0.25, 0.3) is 5.70 Å². The molecule has 2 N–H and O–H groups in total. The fourth-order valence-electron chi connectivity index (χ4n) is 3.05. The Labute approximate surface area is 165 Å². The number of hydrogen-bond donors (Lipinski definition) is 2. The van der Waals surface area contributed by atoms with Gasteiger partial charge in [0.1, 0.15) is 12.3 Å². The molecular formula is C22H25N3O3. The van der Waals surface area contributed by atoms with Crippen LogP contribution in [0, 0.1) is 6.92 Å². The number of nitrogens with one attached hydrogen (secondary N) is 2. The normalized spacial score (nSPS) is 13.6. The summed E-state index contributed by atoms with van der Waals surface area (Å²) in [6.45, 7) is 2.55. The number of benzene rings is 2. The number of hydrazine groups is 1. The molecule has 0 unspecified atom stereocenters. The number of carbonyl (C=O) groups excluding carboxylic acids is 2. The lowest BCUT2D eigenvalue weighted by molar-refractivity contribution is -0.137. The van der Waals surface area contributed by atoms with Crippen molar-refractivity contribution in [3.05, 3.63) is 71.3 Å². The smallest absolute Gasteiger partial charge is 0.245 e. The molecule has 3 rings (SSSR count). The van der Waals surface area contributed by atoms with E-state index in [-0.39, 0.29) is 24.8 Å². The minimum absolute atomic E-state index is 0.0276. The molecule has 0 radical (unpaired) electrons. The van der Waals surface area contributed by atoms with Crippen molar-refractivity contribution >= 4 is 17.5 Å². The van der Waals surface area contributed by atoms with E-state index in [1.165, 1.54) is 16.1 Å². The molecule has 0 fully saturated rings. The molecule has 2 aromatic carbocycles. The van der Waals surface area contributed by atoms with E-state index < -0.39 is 0 Å². The zero-order valence-electron chi connectivity index (χ0n) is 16.2. The Morgan fingerprint density at radius 1 is 1.21 bits per heavy atom. The molecule has 0 saturated heterocycles. The predicted octanol–water partition coefficient (Wildman–Crippen LogP) is 2.44. The molecule has 0 aromatic heterocycles. The third kappa shape index (κ3) is 5.13. The van der Waals surface area contributed by atoms with E-state index in [1.54, 1.807) is 7.11 Å². The van der Waals surface area contributed by atoms with Crippen LogP contribution in [0.5, 0.6) is 5.75 Å². The predicted molar refractivity (Wildman–Crippen MR) is 108 cm³/mol. The van der Waals surface area contributed by atoms with Crippen molar-refractivity contribution in [3.63, 3.8) is 0 Å². The van der Waals surface area contributed by atoms with E-state index in [9.17, 15) is 9.59 Å². The monoisotopic (exact) mass is 379 g/mol. The zero-order chi connectivity index (χ0) is 19.9. The fourth-order valence-corrected chi connectivity index (χ4v) is 3.05. The molecule has 2 aromatic rings. The number of methoxy groups -OCH3 is 1. The van der Waals surface area contributed by atoms with Gasteiger partial charge < -0.3 is 10.1 Å². The molecule has 6 heteroatoms. The molecule has 28 heavy (non-hydrogen) atoms. The van der Waals surface area contributed by atoms with Crippen LogP contribution < -0.4 is 15.5 Å². The summed E-state index contributed by atoms with van der Waals surface area (Å²) in [5.41, 5.74) is 7.15. The lowest BCUT2D eigenvalue weighted by Crippen LogP contribution is -2.49. The van der Waals surface area contributed by atoms with Crippen molar-refractivity contribution in [1.29, 1.82) is 0 Å². The average Bonchev–Trinajstić information content (AvgIpc) is 2.70. The van der Waals surface area contributed by atoms with Gasteiger partial charge in [-0.25, -0.2) is 5.01 Å². The summed E-state index contributed by atoms with van der Waals surface area (Å²) in [6, 6.07) is 15.7. The van der Waals surface area contributed by atoms with Crippen LogP contribution in [0.4, 0.5) is 0 Å². The lowest BCUT2D eigenvalue weighted by Gasteiger charge is -2.29. The summed E-state index contributed by atoms with van der Waals surface area (Å²) in [7, 11) is 1.62. The van der Waals surface area contributed by atoms with Crippen molar-refractivity contribution in [1.82, 2.24) is 15.8 Å². The Bertz CT molecular complexity index is 875. The maximum Gasteiger partial charge on any atom is 0.245 e. The van der Waals surface area contributed by atoms with E-state index in [2.05, 4.69) is 16.8 Å². The van der Waals surface area contributed by atoms with E-state index >= 15 is 0 Å². The van der Waals surface area contributed by atoms with Gasteiger partial charge in [-0.1, -0.05) is 29.8 Å². The van der Waals surface area contributed by atoms with Crippen LogP contribution in [-0.4, -0.2) is 37.0 Å². The highest BCUT2D eigenvalue weighted by Crippen LogP contribution is 2.20. The van der Waals surface area contributed by atoms with Crippen molar-refractivity contribution in [3.8, 4) is 5.75 Å². The Morgan fingerprint density at radius 3 is 2.71 bits per heavy atom. The fraction of sp³-hybridized carbons (Fsp3) is 0.273. The van der Waals surface area contributed by atoms with Crippen LogP contribution in [0.3, 0.4) is 0 Å². The van der Waals surface area contributed by atoms with Gasteiger partial charge in [0.25, 0.3) is 0 Å². The van der Waals surface area contributed by atoms with Gasteiger partial charge in [0.15, 0.2) is 0 Å². The molecule has 0 atom stereocenters. The molecule has 0 saturated carbocycles. The molecule has 2 amide bonds. The molecule has 1 aliphatic heterocycles. The van der Waals surface area contributed by atoms with E-state index in [0.29, 0.717) is 6.54 Å². The van der Waals surface area contributed by atoms with Gasteiger partial charge in [0.2, 0.25) is 11.8 Å². The topological polar surface area (TPSA) is 70.7 Å². The number of ether oxygens (including phenoxy) is 1. The van der Waals surface area contributed by atoms with Gasteiger partial charge in [0.05, 0.1) is 12.8 Å². The van der Waals surface area contributed by atoms with Gasteiger partial charge in [-0.05, 0) is 54.8 Å². The van der Waals surface area contributed by atoms with Crippen LogP contribution in [0.1, 0.15) is 23.1 Å². The van der Waals surface area contributed by atoms with Gasteiger partial charge in [-0.15, -0.1) is 0 Å². The highest BCUT2D eigenvalue weighted by atomic mass is 16.5. The first-order chi connectivity index (χ1) is 13.5. The largest absolute Gasteiger partial charge is 0.497 e. The molecule has 6 nitrogen and oxygen atoms in total. The van der Waals surface area contributed by atoms with Crippen molar-refractivity contribution < 1.29 is 14.3 Å². The quantitative estimate of drug-likeness (QED) is 0.775. The lowest BCUT2D eigenvalue weighted by atomic mass is 10.1. The Balaban J connectivity index is 1.52. The Morgan fingerprint density at radius 2 is 2.00 bits per heavy atom. The first-order valence-electron chi connectivity index (χ1n) is 9.29. The van der Waals surface area contributed by atoms with Crippen LogP contribution in [0.2, 0.25) is 0 Å². The van der Waals surface area contributed by atoms with Crippen molar-refractivity contribution in [2.45, 2.75) is 19.8 Å². The Kier molecular flexibility index (Phi) is 6.32. The summed E-state index contributed by atoms with van der Waals surface area (Å²) in [4.78, 5) is 24.4. The minimum atomic E-state index is -0.190. The number of nitrogens with zero attached hydrogens (tertiary/aromatic N) is 1. The van der Waals surface area contributed by atoms with Gasteiger partial charge in [-0.3, -0.25) is 15.0 Å². The third-order valence-electron chi connectivity index (χ3n) is 4.56. The van der Waals surface area contributed by atoms with Crippen LogP contribution in [0.15, 0.2) is 54.6 Å². The van der Waals surface area contributed by atoms with Gasteiger partial charge in [0, 0.05) is 13.0 Å². The van der Waals surface area contributed by atoms with E-state index in [0.717, 1.165) is 23.4 Å². The highest BCUT2D eigenvalue weighted by molar-refractivity contribution is 5.88. The third-order valence-corrected chi connectivity index (χ3v) is 4.56. The summed E-state index contributed by atoms with van der Waals surface area (Å²) >= 11 is 0. The van der Waals surface area contributed by atoms with E-state index in [4.69, 9.17) is 4.74 Å². The number of carbonyl (C=O) groups is 2. The Hall–Kier alpha value is -3.28. The SMILES string of the molecule is COc1ccc(C2=CCC(=O)N(CC(=O)NCCc3cccc(C)c3)N2)cc1. The van der Waals surface area contributed by atoms with Gasteiger partial charge in [-0.2, -0.15) is 0 Å². The molecule has 1 heterocycles. The second-order valence-electron chi connectivity index (χ2n) is 6.73. The number of amides is 2. The van der Waals surface area contributed by atoms with E-state index in [1.807, 2.05) is 55.5 Å². The summed E-state index contributed by atoms with van der Waals surface area (Å²) in [5, 5.41) is 4.24. The van der Waals surface area contributed by atoms with Gasteiger partial charge >= 0.3 is 0 Å². The second kappa shape index (κ2) is 9.08. The zero-order valence-corrected chi connectivity index (χ0v) is 16.2. The summed E-state index contributed by atoms with van der Waals surface area (Å²) in [6.07, 6.45) is 2.84. The maximum atomic E-state index is 12.3. The number of hydrogen-bond acceptors (Lipinski definition) is 4. The van der Waals surface area contributed by atoms with Crippen molar-refractivity contribution in [2.24, 2.45) is 0 Å². The van der Waals surface area contributed by atoms with Crippen molar-refractivity contribution in [2.75, 3.05) is 20.2 Å². The van der Waals surface area contributed by atoms with Crippen LogP contribution >= 0.6 is 0 Å². The number of aryl methyl sites for hydroxylation is 1. The van der Waals surface area contributed by atoms with Crippen LogP contribution in [-0.2, 0) is 16.0 Å². The maximum absolute atomic E-state index is 12.3. The minimum Gasteiger partial charge on any atom is -0.497 e. The molecule has 0 bridgehead atoms. The number of rotatable bonds is 7. The summed E-state index contributed by atoms with van der Waals surface area (Å²) in [5.74, 6) is 0.441. The first-order valence-corrected chi connectivity index (χ1v) is 9.29. The first kappa shape index (κ1) is 19.5. The second-order valence-corrected chi connectivity index (χ2v) is 6.73. The highest BCUT2D eigenvalue weighted by Gasteiger charge is 2.22. The molecule has 0 aliphatic carbocycles. The molecule has 146 valence electrons. The average molecular weight is 379 g/mol.